The van der Waals surface area contributed by atoms with Gasteiger partial charge in [-0.2, -0.15) is 0 Å². The summed E-state index contributed by atoms with van der Waals surface area (Å²) in [5, 5.41) is 4.01. The number of halogens is 2. The Balaban J connectivity index is 2.07. The van der Waals surface area contributed by atoms with Crippen LogP contribution in [0.4, 0.5) is 0 Å². The number of hydrogen-bond donors (Lipinski definition) is 1. The molecule has 0 fully saturated rings. The van der Waals surface area contributed by atoms with Crippen LogP contribution in [-0.4, -0.2) is 22.1 Å². The number of carbonyl (C=O) groups excluding carboxylic acids is 1. The fourth-order valence-electron chi connectivity index (χ4n) is 1.51. The molecule has 4 nitrogen and oxygen atoms in total. The second-order valence-corrected chi connectivity index (χ2v) is 5.37. The highest BCUT2D eigenvalue weighted by atomic mass is 35.5. The molecule has 1 amide bonds. The first-order valence-electron chi connectivity index (χ1n) is 5.70. The number of hydrogen-bond acceptors (Lipinski definition) is 4. The maximum atomic E-state index is 12.0. The summed E-state index contributed by atoms with van der Waals surface area (Å²) in [6.45, 7) is 0.319. The number of nitrogens with zero attached hydrogens (tertiary/aromatic N) is 2. The minimum absolute atomic E-state index is 0.140. The summed E-state index contributed by atoms with van der Waals surface area (Å²) in [5.41, 5.74) is 1.08. The molecule has 2 aromatic rings. The van der Waals surface area contributed by atoms with Gasteiger partial charge >= 0.3 is 0 Å². The molecule has 1 aromatic heterocycles. The Bertz CT molecular complexity index is 637. The summed E-state index contributed by atoms with van der Waals surface area (Å²) in [5.74, 6) is -0.331. The molecule has 0 unspecified atom stereocenters. The van der Waals surface area contributed by atoms with Gasteiger partial charge in [0.1, 0.15) is 5.15 Å². The lowest BCUT2D eigenvalue weighted by molar-refractivity contribution is 0.0950. The van der Waals surface area contributed by atoms with E-state index >= 15 is 0 Å². The van der Waals surface area contributed by atoms with Gasteiger partial charge in [0.2, 0.25) is 0 Å². The molecule has 0 saturated heterocycles. The van der Waals surface area contributed by atoms with E-state index in [0.29, 0.717) is 16.7 Å². The number of thioether (sulfide) groups is 1. The molecule has 0 bridgehead atoms. The van der Waals surface area contributed by atoms with Crippen molar-refractivity contribution in [2.45, 2.75) is 11.7 Å². The first-order valence-corrected chi connectivity index (χ1v) is 7.68. The SMILES string of the molecule is CSc1ncc(C(=O)NCc2ccccc2Cl)c(Cl)n1. The number of carbonyl (C=O) groups is 1. The smallest absolute Gasteiger partial charge is 0.256 e. The lowest BCUT2D eigenvalue weighted by Gasteiger charge is -2.08. The summed E-state index contributed by atoms with van der Waals surface area (Å²) < 4.78 is 0. The second kappa shape index (κ2) is 6.92. The van der Waals surface area contributed by atoms with E-state index in [9.17, 15) is 4.79 Å². The molecule has 20 heavy (non-hydrogen) atoms. The van der Waals surface area contributed by atoms with Crippen molar-refractivity contribution in [1.29, 1.82) is 0 Å². The van der Waals surface area contributed by atoms with E-state index in [1.165, 1.54) is 18.0 Å². The van der Waals surface area contributed by atoms with Gasteiger partial charge in [-0.3, -0.25) is 4.79 Å². The van der Waals surface area contributed by atoms with Gasteiger partial charge in [-0.25, -0.2) is 9.97 Å². The summed E-state index contributed by atoms with van der Waals surface area (Å²) >= 11 is 13.3. The third-order valence-electron chi connectivity index (χ3n) is 2.54. The molecule has 0 aliphatic carbocycles. The Kier molecular flexibility index (Phi) is 5.23. The Morgan fingerprint density at radius 3 is 2.75 bits per heavy atom. The highest BCUT2D eigenvalue weighted by Crippen LogP contribution is 2.17. The zero-order valence-corrected chi connectivity index (χ0v) is 12.9. The second-order valence-electron chi connectivity index (χ2n) is 3.84. The van der Waals surface area contributed by atoms with Crippen LogP contribution in [0.2, 0.25) is 10.2 Å². The minimum atomic E-state index is -0.331. The minimum Gasteiger partial charge on any atom is -0.348 e. The Morgan fingerprint density at radius 1 is 1.35 bits per heavy atom. The topological polar surface area (TPSA) is 54.9 Å². The molecule has 0 aliphatic heterocycles. The van der Waals surface area contributed by atoms with Crippen LogP contribution in [-0.2, 0) is 6.54 Å². The van der Waals surface area contributed by atoms with Gasteiger partial charge in [-0.15, -0.1) is 0 Å². The number of rotatable bonds is 4. The van der Waals surface area contributed by atoms with Crippen LogP contribution in [0.15, 0.2) is 35.6 Å². The van der Waals surface area contributed by atoms with Gasteiger partial charge in [0.05, 0.1) is 5.56 Å². The number of benzene rings is 1. The van der Waals surface area contributed by atoms with E-state index in [-0.39, 0.29) is 16.6 Å². The van der Waals surface area contributed by atoms with E-state index < -0.39 is 0 Å². The van der Waals surface area contributed by atoms with E-state index in [1.807, 2.05) is 24.5 Å². The van der Waals surface area contributed by atoms with E-state index in [4.69, 9.17) is 23.2 Å². The van der Waals surface area contributed by atoms with Crippen LogP contribution in [0.3, 0.4) is 0 Å². The molecule has 1 heterocycles. The normalized spacial score (nSPS) is 10.3. The molecule has 0 atom stereocenters. The van der Waals surface area contributed by atoms with Gasteiger partial charge in [0, 0.05) is 17.8 Å². The summed E-state index contributed by atoms with van der Waals surface area (Å²) in [6, 6.07) is 7.31. The average Bonchev–Trinajstić information content (AvgIpc) is 2.46. The third kappa shape index (κ3) is 3.62. The van der Waals surface area contributed by atoms with Crippen LogP contribution >= 0.6 is 35.0 Å². The van der Waals surface area contributed by atoms with Gasteiger partial charge in [0.15, 0.2) is 5.16 Å². The van der Waals surface area contributed by atoms with Crippen LogP contribution in [0.25, 0.3) is 0 Å². The van der Waals surface area contributed by atoms with Crippen molar-refractivity contribution in [2.75, 3.05) is 6.26 Å². The molecule has 1 N–H and O–H groups in total. The number of nitrogens with one attached hydrogen (secondary N) is 1. The van der Waals surface area contributed by atoms with Crippen LogP contribution < -0.4 is 5.32 Å². The van der Waals surface area contributed by atoms with Crippen molar-refractivity contribution < 1.29 is 4.79 Å². The monoisotopic (exact) mass is 327 g/mol. The van der Waals surface area contributed by atoms with Crippen LogP contribution in [0, 0.1) is 0 Å². The third-order valence-corrected chi connectivity index (χ3v) is 3.76. The van der Waals surface area contributed by atoms with E-state index in [0.717, 1.165) is 5.56 Å². The van der Waals surface area contributed by atoms with Crippen molar-refractivity contribution >= 4 is 40.9 Å². The van der Waals surface area contributed by atoms with Crippen molar-refractivity contribution in [2.24, 2.45) is 0 Å². The van der Waals surface area contributed by atoms with Crippen LogP contribution in [0.1, 0.15) is 15.9 Å². The molecule has 104 valence electrons. The Morgan fingerprint density at radius 2 is 2.10 bits per heavy atom. The average molecular weight is 328 g/mol. The number of amides is 1. The lowest BCUT2D eigenvalue weighted by Crippen LogP contribution is -2.23. The molecular weight excluding hydrogens is 317 g/mol. The largest absolute Gasteiger partial charge is 0.348 e. The van der Waals surface area contributed by atoms with Crippen LogP contribution in [0.5, 0.6) is 0 Å². The molecule has 0 saturated carbocycles. The first kappa shape index (κ1) is 15.1. The summed E-state index contributed by atoms with van der Waals surface area (Å²) in [7, 11) is 0. The van der Waals surface area contributed by atoms with Gasteiger partial charge in [-0.1, -0.05) is 53.2 Å². The van der Waals surface area contributed by atoms with E-state index in [2.05, 4.69) is 15.3 Å². The number of aromatic nitrogens is 2. The zero-order chi connectivity index (χ0) is 14.5. The Labute approximate surface area is 130 Å². The van der Waals surface area contributed by atoms with Gasteiger partial charge in [-0.05, 0) is 17.9 Å². The van der Waals surface area contributed by atoms with Crippen molar-refractivity contribution in [3.05, 3.63) is 51.8 Å². The predicted molar refractivity (Wildman–Crippen MR) is 81.4 cm³/mol. The van der Waals surface area contributed by atoms with E-state index in [1.54, 1.807) is 6.07 Å². The van der Waals surface area contributed by atoms with Crippen molar-refractivity contribution in [1.82, 2.24) is 15.3 Å². The molecule has 0 aliphatic rings. The van der Waals surface area contributed by atoms with Gasteiger partial charge in [0.25, 0.3) is 5.91 Å². The molecule has 0 spiro atoms. The highest BCUT2D eigenvalue weighted by Gasteiger charge is 2.13. The molecule has 7 heteroatoms. The lowest BCUT2D eigenvalue weighted by atomic mass is 10.2. The molecular formula is C13H11Cl2N3OS. The van der Waals surface area contributed by atoms with Gasteiger partial charge < -0.3 is 5.32 Å². The maximum absolute atomic E-state index is 12.0. The van der Waals surface area contributed by atoms with Crippen molar-refractivity contribution in [3.8, 4) is 0 Å². The predicted octanol–water partition coefficient (Wildman–Crippen LogP) is 3.44. The zero-order valence-electron chi connectivity index (χ0n) is 10.6. The fourth-order valence-corrected chi connectivity index (χ4v) is 2.32. The molecule has 0 radical (unpaired) electrons. The standard InChI is InChI=1S/C13H11Cl2N3OS/c1-20-13-17-7-9(11(15)18-13)12(19)16-6-8-4-2-3-5-10(8)14/h2-5,7H,6H2,1H3,(H,16,19). The maximum Gasteiger partial charge on any atom is 0.256 e. The fraction of sp³-hybridized carbons (Fsp3) is 0.154. The van der Waals surface area contributed by atoms with Crippen molar-refractivity contribution in [3.63, 3.8) is 0 Å². The summed E-state index contributed by atoms with van der Waals surface area (Å²) in [4.78, 5) is 20.1. The molecule has 1 aromatic carbocycles. The highest BCUT2D eigenvalue weighted by molar-refractivity contribution is 7.98. The quantitative estimate of drug-likeness (QED) is 0.531. The summed E-state index contributed by atoms with van der Waals surface area (Å²) in [6.07, 6.45) is 3.26. The first-order chi connectivity index (χ1) is 9.61. The Hall–Kier alpha value is -1.30. The molecule has 2 rings (SSSR count).